The molecule has 3 aromatic rings. The Balaban J connectivity index is 1.62. The molecule has 1 saturated heterocycles. The molecule has 7 nitrogen and oxygen atoms in total. The van der Waals surface area contributed by atoms with Crippen molar-refractivity contribution in [3.05, 3.63) is 11.9 Å². The minimum Gasteiger partial charge on any atom is -0.354 e. The molecule has 0 spiro atoms. The molecule has 0 aromatic carbocycles. The molecule has 4 rings (SSSR count). The topological polar surface area (TPSA) is 70.3 Å². The maximum Gasteiger partial charge on any atom is 0.268 e. The Morgan fingerprint density at radius 3 is 2.96 bits per heavy atom. The van der Waals surface area contributed by atoms with Crippen LogP contribution in [0, 0.1) is 0 Å². The van der Waals surface area contributed by atoms with Gasteiger partial charge in [0.05, 0.1) is 15.6 Å². The summed E-state index contributed by atoms with van der Waals surface area (Å²) < 4.78 is 6.65. The van der Waals surface area contributed by atoms with Gasteiger partial charge in [0, 0.05) is 33.7 Å². The van der Waals surface area contributed by atoms with Crippen molar-refractivity contribution in [1.29, 1.82) is 0 Å². The smallest absolute Gasteiger partial charge is 0.268 e. The molecule has 0 radical (unpaired) electrons. The van der Waals surface area contributed by atoms with E-state index < -0.39 is 0 Å². The van der Waals surface area contributed by atoms with Crippen molar-refractivity contribution in [2.24, 2.45) is 0 Å². The Bertz CT molecular complexity index is 791. The number of piperazine rings is 1. The van der Waals surface area contributed by atoms with Crippen LogP contribution in [-0.2, 0) is 0 Å². The summed E-state index contributed by atoms with van der Waals surface area (Å²) in [7, 11) is 6.10. The summed E-state index contributed by atoms with van der Waals surface area (Å²) in [6.45, 7) is 2.84. The molecule has 1 unspecified atom stereocenters. The molecule has 0 aliphatic carbocycles. The lowest BCUT2D eigenvalue weighted by molar-refractivity contribution is 0.190. The number of thiazole rings is 1. The van der Waals surface area contributed by atoms with E-state index in [1.807, 2.05) is 19.0 Å². The summed E-state index contributed by atoms with van der Waals surface area (Å²) in [4.78, 5) is 15.5. The average molecular weight is 350 g/mol. The lowest BCUT2D eigenvalue weighted by Crippen LogP contribution is -2.44. The molecule has 1 fully saturated rings. The number of hydrogen-bond acceptors (Lipinski definition) is 9. The number of hydrogen-bond donors (Lipinski definition) is 1. The zero-order valence-electron chi connectivity index (χ0n) is 13.2. The second-order valence-electron chi connectivity index (χ2n) is 5.83. The van der Waals surface area contributed by atoms with Gasteiger partial charge in [-0.2, -0.15) is 4.98 Å². The summed E-state index contributed by atoms with van der Waals surface area (Å²) in [5.41, 5.74) is 0. The van der Waals surface area contributed by atoms with Gasteiger partial charge < -0.3 is 14.7 Å². The van der Waals surface area contributed by atoms with Gasteiger partial charge in [-0.3, -0.25) is 4.90 Å². The molecule has 0 bridgehead atoms. The maximum atomic E-state index is 5.49. The first-order valence-electron chi connectivity index (χ1n) is 7.44. The monoisotopic (exact) mass is 350 g/mol. The van der Waals surface area contributed by atoms with Crippen LogP contribution in [-0.4, -0.2) is 60.8 Å². The van der Waals surface area contributed by atoms with Crippen molar-refractivity contribution in [2.75, 3.05) is 45.7 Å². The minimum atomic E-state index is 0.167. The predicted octanol–water partition coefficient (Wildman–Crippen LogP) is 2.05. The highest BCUT2D eigenvalue weighted by Gasteiger charge is 2.26. The highest BCUT2D eigenvalue weighted by Crippen LogP contribution is 2.38. The fraction of sp³-hybridized carbons (Fsp3) is 0.500. The van der Waals surface area contributed by atoms with Gasteiger partial charge in [0.25, 0.3) is 5.89 Å². The number of rotatable bonds is 3. The zero-order chi connectivity index (χ0) is 16.0. The second-order valence-corrected chi connectivity index (χ2v) is 7.87. The third-order valence-electron chi connectivity index (χ3n) is 3.92. The molecule has 1 aliphatic rings. The van der Waals surface area contributed by atoms with E-state index in [-0.39, 0.29) is 6.04 Å². The normalized spacial score (nSPS) is 19.5. The van der Waals surface area contributed by atoms with Gasteiger partial charge in [-0.1, -0.05) is 16.5 Å². The molecule has 1 N–H and O–H groups in total. The molecule has 122 valence electrons. The number of aromatic nitrogens is 3. The van der Waals surface area contributed by atoms with Crippen molar-refractivity contribution >= 4 is 37.3 Å². The third kappa shape index (κ3) is 2.74. The average Bonchev–Trinajstić information content (AvgIpc) is 3.21. The molecule has 3 aromatic heterocycles. The Hall–Kier alpha value is -1.55. The first-order valence-corrected chi connectivity index (χ1v) is 9.08. The number of nitrogens with one attached hydrogen (secondary N) is 1. The molecule has 1 aliphatic heterocycles. The summed E-state index contributed by atoms with van der Waals surface area (Å²) >= 11 is 3.27. The fourth-order valence-corrected chi connectivity index (χ4v) is 4.64. The molecule has 23 heavy (non-hydrogen) atoms. The first kappa shape index (κ1) is 15.0. The second kappa shape index (κ2) is 5.82. The minimum absolute atomic E-state index is 0.167. The van der Waals surface area contributed by atoms with Gasteiger partial charge in [-0.25, -0.2) is 4.98 Å². The molecule has 4 heterocycles. The summed E-state index contributed by atoms with van der Waals surface area (Å²) in [5, 5.41) is 8.57. The van der Waals surface area contributed by atoms with Crippen LogP contribution in [0.1, 0.15) is 11.9 Å². The van der Waals surface area contributed by atoms with Gasteiger partial charge in [-0.15, -0.1) is 11.3 Å². The van der Waals surface area contributed by atoms with Crippen LogP contribution in [0.2, 0.25) is 0 Å². The number of fused-ring (bicyclic) bond motifs is 1. The maximum absolute atomic E-state index is 5.49. The van der Waals surface area contributed by atoms with E-state index in [0.717, 1.165) is 45.0 Å². The van der Waals surface area contributed by atoms with Gasteiger partial charge in [0.1, 0.15) is 4.83 Å². The summed E-state index contributed by atoms with van der Waals surface area (Å²) in [6, 6.07) is 2.26. The standard InChI is InChI=1S/C14H18N6OS2/c1-19(2)14-17-13-10(23-14)6-9(22-13)12-16-11(18-21-12)8-7-15-4-5-20(8)3/h6,8,15H,4-5,7H2,1-3H3. The summed E-state index contributed by atoms with van der Waals surface area (Å²) in [5.74, 6) is 1.33. The lowest BCUT2D eigenvalue weighted by Gasteiger charge is -2.30. The van der Waals surface area contributed by atoms with Crippen molar-refractivity contribution < 1.29 is 4.52 Å². The van der Waals surface area contributed by atoms with Crippen LogP contribution in [0.25, 0.3) is 20.3 Å². The van der Waals surface area contributed by atoms with E-state index >= 15 is 0 Å². The van der Waals surface area contributed by atoms with Crippen LogP contribution in [0.5, 0.6) is 0 Å². The van der Waals surface area contributed by atoms with Crippen molar-refractivity contribution in [3.8, 4) is 10.8 Å². The van der Waals surface area contributed by atoms with E-state index in [0.29, 0.717) is 5.89 Å². The van der Waals surface area contributed by atoms with Gasteiger partial charge in [-0.05, 0) is 13.1 Å². The molecule has 0 saturated carbocycles. The van der Waals surface area contributed by atoms with Crippen LogP contribution in [0.15, 0.2) is 10.6 Å². The van der Waals surface area contributed by atoms with Crippen LogP contribution < -0.4 is 10.2 Å². The van der Waals surface area contributed by atoms with Gasteiger partial charge in [0.2, 0.25) is 0 Å². The van der Waals surface area contributed by atoms with E-state index in [1.165, 1.54) is 0 Å². The first-order chi connectivity index (χ1) is 11.1. The number of likely N-dealkylation sites (N-methyl/N-ethyl adjacent to an activating group) is 1. The van der Waals surface area contributed by atoms with Gasteiger partial charge >= 0.3 is 0 Å². The molecule has 0 amide bonds. The fourth-order valence-electron chi connectivity index (χ4n) is 2.59. The third-order valence-corrected chi connectivity index (χ3v) is 6.24. The Morgan fingerprint density at radius 2 is 2.22 bits per heavy atom. The Morgan fingerprint density at radius 1 is 1.35 bits per heavy atom. The summed E-state index contributed by atoms with van der Waals surface area (Å²) in [6.07, 6.45) is 0. The van der Waals surface area contributed by atoms with Crippen molar-refractivity contribution in [1.82, 2.24) is 25.3 Å². The number of anilines is 1. The molecule has 9 heteroatoms. The molecular weight excluding hydrogens is 332 g/mol. The van der Waals surface area contributed by atoms with Crippen molar-refractivity contribution in [3.63, 3.8) is 0 Å². The van der Waals surface area contributed by atoms with Crippen LogP contribution in [0.4, 0.5) is 5.13 Å². The van der Waals surface area contributed by atoms with E-state index in [1.54, 1.807) is 22.7 Å². The van der Waals surface area contributed by atoms with Crippen LogP contribution in [0.3, 0.4) is 0 Å². The Labute approximate surface area is 141 Å². The quantitative estimate of drug-likeness (QED) is 0.775. The van der Waals surface area contributed by atoms with Crippen LogP contribution >= 0.6 is 22.7 Å². The van der Waals surface area contributed by atoms with E-state index in [9.17, 15) is 0 Å². The predicted molar refractivity (Wildman–Crippen MR) is 93.4 cm³/mol. The number of thiophene rings is 1. The largest absolute Gasteiger partial charge is 0.354 e. The Kier molecular flexibility index (Phi) is 3.80. The molecular formula is C14H18N6OS2. The zero-order valence-corrected chi connectivity index (χ0v) is 14.9. The van der Waals surface area contributed by atoms with Gasteiger partial charge in [0.15, 0.2) is 11.0 Å². The molecule has 1 atom stereocenters. The SMILES string of the molecule is CN(C)c1nc2sc(-c3nc(C4CNCCN4C)no3)cc2s1. The highest BCUT2D eigenvalue weighted by atomic mass is 32.1. The number of nitrogens with zero attached hydrogens (tertiary/aromatic N) is 5. The lowest BCUT2D eigenvalue weighted by atomic mass is 10.2. The van der Waals surface area contributed by atoms with E-state index in [2.05, 4.69) is 38.5 Å². The van der Waals surface area contributed by atoms with Crippen molar-refractivity contribution in [2.45, 2.75) is 6.04 Å². The highest BCUT2D eigenvalue weighted by molar-refractivity contribution is 7.30. The van der Waals surface area contributed by atoms with E-state index in [4.69, 9.17) is 4.52 Å².